The first-order valence-corrected chi connectivity index (χ1v) is 9.95. The molecule has 2 unspecified atom stereocenters. The largest absolute Gasteiger partial charge is 0.489 e. The third-order valence-corrected chi connectivity index (χ3v) is 4.56. The molecule has 0 amide bonds. The molecule has 1 aromatic rings. The van der Waals surface area contributed by atoms with Crippen molar-refractivity contribution in [2.24, 2.45) is 10.9 Å². The van der Waals surface area contributed by atoms with E-state index in [9.17, 15) is 0 Å². The van der Waals surface area contributed by atoms with E-state index in [-0.39, 0.29) is 30.1 Å². The average molecular weight is 505 g/mol. The molecule has 0 aliphatic carbocycles. The van der Waals surface area contributed by atoms with Gasteiger partial charge in [-0.2, -0.15) is 0 Å². The summed E-state index contributed by atoms with van der Waals surface area (Å²) in [6.07, 6.45) is 1.16. The molecular weight excluding hydrogens is 469 g/mol. The number of methoxy groups -OCH3 is 1. The third kappa shape index (κ3) is 8.96. The monoisotopic (exact) mass is 505 g/mol. The second kappa shape index (κ2) is 14.0. The SMILES string of the molecule is CCNC(=NCC(C)Oc1ccc(C)cc1)N1CCC(COCCOC)C1.I. The van der Waals surface area contributed by atoms with E-state index in [0.29, 0.717) is 25.7 Å². The number of rotatable bonds is 10. The highest BCUT2D eigenvalue weighted by atomic mass is 127. The average Bonchev–Trinajstić information content (AvgIpc) is 3.13. The van der Waals surface area contributed by atoms with Crippen molar-refractivity contribution in [3.8, 4) is 5.75 Å². The van der Waals surface area contributed by atoms with Crippen molar-refractivity contribution in [1.82, 2.24) is 10.2 Å². The van der Waals surface area contributed by atoms with E-state index in [1.807, 2.05) is 12.1 Å². The predicted octanol–water partition coefficient (Wildman–Crippen LogP) is 3.33. The summed E-state index contributed by atoms with van der Waals surface area (Å²) >= 11 is 0. The van der Waals surface area contributed by atoms with Crippen LogP contribution in [0.25, 0.3) is 0 Å². The van der Waals surface area contributed by atoms with Gasteiger partial charge in [-0.05, 0) is 39.3 Å². The van der Waals surface area contributed by atoms with Crippen molar-refractivity contribution in [2.75, 3.05) is 53.1 Å². The number of ether oxygens (including phenoxy) is 3. The fraction of sp³-hybridized carbons (Fsp3) is 0.667. The number of hydrogen-bond donors (Lipinski definition) is 1. The van der Waals surface area contributed by atoms with E-state index in [0.717, 1.165) is 44.4 Å². The molecule has 1 heterocycles. The lowest BCUT2D eigenvalue weighted by Gasteiger charge is -2.22. The molecule has 1 aromatic carbocycles. The van der Waals surface area contributed by atoms with Crippen molar-refractivity contribution in [3.05, 3.63) is 29.8 Å². The number of nitrogens with zero attached hydrogens (tertiary/aromatic N) is 2. The molecule has 1 aliphatic rings. The van der Waals surface area contributed by atoms with Gasteiger partial charge in [0.05, 0.1) is 26.4 Å². The molecule has 0 aromatic heterocycles. The lowest BCUT2D eigenvalue weighted by molar-refractivity contribution is 0.0536. The first-order valence-electron chi connectivity index (χ1n) is 9.95. The van der Waals surface area contributed by atoms with Gasteiger partial charge < -0.3 is 24.4 Å². The van der Waals surface area contributed by atoms with Crippen molar-refractivity contribution < 1.29 is 14.2 Å². The first kappa shape index (κ1) is 25.0. The summed E-state index contributed by atoms with van der Waals surface area (Å²) < 4.78 is 16.7. The Bertz CT molecular complexity index is 569. The standard InChI is InChI=1S/C21H35N3O3.HI/c1-5-22-21(24-11-10-19(15-24)16-26-13-12-25-4)23-14-18(3)27-20-8-6-17(2)7-9-20;/h6-9,18-19H,5,10-16H2,1-4H3,(H,22,23);1H. The summed E-state index contributed by atoms with van der Waals surface area (Å²) in [5, 5.41) is 3.41. The van der Waals surface area contributed by atoms with Gasteiger partial charge in [0.1, 0.15) is 11.9 Å². The Labute approximate surface area is 187 Å². The summed E-state index contributed by atoms with van der Waals surface area (Å²) in [4.78, 5) is 7.12. The van der Waals surface area contributed by atoms with Crippen LogP contribution in [0, 0.1) is 12.8 Å². The van der Waals surface area contributed by atoms with Crippen LogP contribution in [0.2, 0.25) is 0 Å². The van der Waals surface area contributed by atoms with Crippen LogP contribution < -0.4 is 10.1 Å². The Morgan fingerprint density at radius 2 is 2.04 bits per heavy atom. The molecule has 2 rings (SSSR count). The summed E-state index contributed by atoms with van der Waals surface area (Å²) in [5.41, 5.74) is 1.23. The summed E-state index contributed by atoms with van der Waals surface area (Å²) in [5.74, 6) is 2.41. The van der Waals surface area contributed by atoms with Crippen molar-refractivity contribution in [2.45, 2.75) is 33.3 Å². The molecule has 1 N–H and O–H groups in total. The van der Waals surface area contributed by atoms with Crippen LogP contribution >= 0.6 is 24.0 Å². The maximum atomic E-state index is 5.97. The van der Waals surface area contributed by atoms with Crippen LogP contribution in [0.1, 0.15) is 25.8 Å². The van der Waals surface area contributed by atoms with Crippen LogP contribution in [-0.4, -0.2) is 70.1 Å². The minimum Gasteiger partial charge on any atom is -0.489 e. The number of halogens is 1. The Balaban J connectivity index is 0.00000392. The normalized spacial score (nSPS) is 17.9. The summed E-state index contributed by atoms with van der Waals surface area (Å²) in [6.45, 7) is 11.8. The van der Waals surface area contributed by atoms with Gasteiger partial charge in [-0.25, -0.2) is 4.99 Å². The quantitative estimate of drug-likeness (QED) is 0.229. The van der Waals surface area contributed by atoms with Gasteiger partial charge in [-0.1, -0.05) is 17.7 Å². The van der Waals surface area contributed by atoms with Crippen LogP contribution in [0.3, 0.4) is 0 Å². The number of aliphatic imine (C=N–C) groups is 1. The van der Waals surface area contributed by atoms with E-state index in [4.69, 9.17) is 19.2 Å². The number of hydrogen-bond acceptors (Lipinski definition) is 4. The Morgan fingerprint density at radius 1 is 1.29 bits per heavy atom. The number of guanidine groups is 1. The van der Waals surface area contributed by atoms with Gasteiger partial charge in [0.25, 0.3) is 0 Å². The number of likely N-dealkylation sites (tertiary alicyclic amines) is 1. The lowest BCUT2D eigenvalue weighted by Crippen LogP contribution is -2.41. The third-order valence-electron chi connectivity index (χ3n) is 4.56. The van der Waals surface area contributed by atoms with E-state index < -0.39 is 0 Å². The minimum atomic E-state index is 0. The van der Waals surface area contributed by atoms with Crippen molar-refractivity contribution >= 4 is 29.9 Å². The van der Waals surface area contributed by atoms with Gasteiger partial charge in [-0.15, -0.1) is 24.0 Å². The van der Waals surface area contributed by atoms with Crippen molar-refractivity contribution in [1.29, 1.82) is 0 Å². The van der Waals surface area contributed by atoms with E-state index in [1.165, 1.54) is 5.56 Å². The molecule has 160 valence electrons. The van der Waals surface area contributed by atoms with E-state index in [1.54, 1.807) is 7.11 Å². The molecule has 0 bridgehead atoms. The Kier molecular flexibility index (Phi) is 12.5. The molecular formula is C21H36IN3O3. The molecule has 6 nitrogen and oxygen atoms in total. The molecule has 28 heavy (non-hydrogen) atoms. The predicted molar refractivity (Wildman–Crippen MR) is 125 cm³/mol. The topological polar surface area (TPSA) is 55.3 Å². The van der Waals surface area contributed by atoms with E-state index in [2.05, 4.69) is 43.1 Å². The molecule has 0 radical (unpaired) electrons. The first-order chi connectivity index (χ1) is 13.1. The zero-order valence-electron chi connectivity index (χ0n) is 17.6. The maximum Gasteiger partial charge on any atom is 0.194 e. The maximum absolute atomic E-state index is 5.97. The Hall–Kier alpha value is -1.06. The molecule has 7 heteroatoms. The molecule has 0 spiro atoms. The summed E-state index contributed by atoms with van der Waals surface area (Å²) in [7, 11) is 1.70. The highest BCUT2D eigenvalue weighted by molar-refractivity contribution is 14.0. The highest BCUT2D eigenvalue weighted by Gasteiger charge is 2.25. The van der Waals surface area contributed by atoms with Crippen LogP contribution in [-0.2, 0) is 9.47 Å². The number of nitrogens with one attached hydrogen (secondary N) is 1. The molecule has 1 fully saturated rings. The zero-order valence-corrected chi connectivity index (χ0v) is 20.0. The molecule has 0 saturated carbocycles. The molecule has 1 aliphatic heterocycles. The Morgan fingerprint density at radius 3 is 2.71 bits per heavy atom. The van der Waals surface area contributed by atoms with Crippen molar-refractivity contribution in [3.63, 3.8) is 0 Å². The van der Waals surface area contributed by atoms with Gasteiger partial charge in [0.15, 0.2) is 5.96 Å². The molecule has 1 saturated heterocycles. The van der Waals surface area contributed by atoms with Crippen LogP contribution in [0.4, 0.5) is 0 Å². The summed E-state index contributed by atoms with van der Waals surface area (Å²) in [6, 6.07) is 8.15. The fourth-order valence-corrected chi connectivity index (χ4v) is 3.08. The smallest absolute Gasteiger partial charge is 0.194 e. The molecule has 2 atom stereocenters. The van der Waals surface area contributed by atoms with Gasteiger partial charge in [-0.3, -0.25) is 0 Å². The minimum absolute atomic E-state index is 0. The highest BCUT2D eigenvalue weighted by Crippen LogP contribution is 2.17. The van der Waals surface area contributed by atoms with Crippen LogP contribution in [0.5, 0.6) is 5.75 Å². The van der Waals surface area contributed by atoms with E-state index >= 15 is 0 Å². The lowest BCUT2D eigenvalue weighted by atomic mass is 10.1. The second-order valence-corrected chi connectivity index (χ2v) is 7.10. The van der Waals surface area contributed by atoms with Crippen LogP contribution in [0.15, 0.2) is 29.3 Å². The van der Waals surface area contributed by atoms with Gasteiger partial charge >= 0.3 is 0 Å². The van der Waals surface area contributed by atoms with Gasteiger partial charge in [0.2, 0.25) is 0 Å². The second-order valence-electron chi connectivity index (χ2n) is 7.10. The number of benzene rings is 1. The number of aryl methyl sites for hydroxylation is 1. The fourth-order valence-electron chi connectivity index (χ4n) is 3.08. The van der Waals surface area contributed by atoms with Gasteiger partial charge in [0, 0.05) is 32.7 Å². The zero-order chi connectivity index (χ0) is 19.5.